The summed E-state index contributed by atoms with van der Waals surface area (Å²) in [6.07, 6.45) is 0. The molecule has 4 aromatic rings. The second-order valence-electron chi connectivity index (χ2n) is 9.20. The Labute approximate surface area is 239 Å². The van der Waals surface area contributed by atoms with Gasteiger partial charge in [0.05, 0.1) is 21.2 Å². The Balaban J connectivity index is 1.54. The number of hydrogen-bond donors (Lipinski definition) is 2. The van der Waals surface area contributed by atoms with E-state index in [0.717, 1.165) is 9.87 Å². The van der Waals surface area contributed by atoms with Crippen molar-refractivity contribution in [1.29, 1.82) is 0 Å². The van der Waals surface area contributed by atoms with Gasteiger partial charge >= 0.3 is 0 Å². The number of carbonyl (C=O) groups is 1. The van der Waals surface area contributed by atoms with Gasteiger partial charge < -0.3 is 5.32 Å². The van der Waals surface area contributed by atoms with Gasteiger partial charge in [0.25, 0.3) is 20.0 Å². The molecule has 4 aromatic carbocycles. The number of amides is 1. The minimum atomic E-state index is -4.07. The van der Waals surface area contributed by atoms with E-state index in [2.05, 4.69) is 10.0 Å². The van der Waals surface area contributed by atoms with Crippen LogP contribution >= 0.6 is 11.6 Å². The smallest absolute Gasteiger partial charge is 0.264 e. The van der Waals surface area contributed by atoms with E-state index in [-0.39, 0.29) is 9.79 Å². The Morgan fingerprint density at radius 3 is 2.05 bits per heavy atom. The van der Waals surface area contributed by atoms with Gasteiger partial charge in [-0.3, -0.25) is 13.8 Å². The predicted octanol–water partition coefficient (Wildman–Crippen LogP) is 5.90. The van der Waals surface area contributed by atoms with Crippen molar-refractivity contribution < 1.29 is 21.6 Å². The predicted molar refractivity (Wildman–Crippen MR) is 159 cm³/mol. The van der Waals surface area contributed by atoms with Crippen LogP contribution in [0.4, 0.5) is 17.1 Å². The number of para-hydroxylation sites is 1. The summed E-state index contributed by atoms with van der Waals surface area (Å²) in [5.41, 5.74) is 3.22. The molecule has 8 nitrogen and oxygen atoms in total. The highest BCUT2D eigenvalue weighted by Crippen LogP contribution is 2.28. The Kier molecular flexibility index (Phi) is 8.53. The van der Waals surface area contributed by atoms with E-state index in [1.807, 2.05) is 6.92 Å². The van der Waals surface area contributed by atoms with Crippen molar-refractivity contribution >= 4 is 54.6 Å². The highest BCUT2D eigenvalue weighted by molar-refractivity contribution is 7.93. The monoisotopic (exact) mass is 597 g/mol. The molecule has 0 spiro atoms. The van der Waals surface area contributed by atoms with E-state index in [4.69, 9.17) is 11.6 Å². The quantitative estimate of drug-likeness (QED) is 0.249. The summed E-state index contributed by atoms with van der Waals surface area (Å²) in [5.74, 6) is -0.595. The number of aryl methyl sites for hydroxylation is 2. The minimum Gasteiger partial charge on any atom is -0.325 e. The maximum absolute atomic E-state index is 13.6. The zero-order chi connectivity index (χ0) is 29.1. The minimum absolute atomic E-state index is 0.0200. The molecule has 0 aliphatic carbocycles. The molecule has 4 rings (SSSR count). The third-order valence-corrected chi connectivity index (χ3v) is 9.81. The lowest BCUT2D eigenvalue weighted by Gasteiger charge is -2.25. The van der Waals surface area contributed by atoms with Crippen LogP contribution in [0, 0.1) is 20.8 Å². The molecule has 0 atom stereocenters. The molecule has 208 valence electrons. The molecule has 0 aromatic heterocycles. The second-order valence-corrected chi connectivity index (χ2v) is 13.2. The van der Waals surface area contributed by atoms with Crippen LogP contribution in [-0.4, -0.2) is 29.3 Å². The third-order valence-electron chi connectivity index (χ3n) is 6.24. The highest BCUT2D eigenvalue weighted by Gasteiger charge is 2.28. The van der Waals surface area contributed by atoms with E-state index < -0.39 is 32.5 Å². The molecule has 0 fully saturated rings. The molecule has 40 heavy (non-hydrogen) atoms. The third kappa shape index (κ3) is 6.47. The molecular weight excluding hydrogens is 570 g/mol. The van der Waals surface area contributed by atoms with Crippen LogP contribution < -0.4 is 14.3 Å². The van der Waals surface area contributed by atoms with E-state index in [0.29, 0.717) is 33.2 Å². The van der Waals surface area contributed by atoms with Gasteiger partial charge in [-0.15, -0.1) is 0 Å². The number of rotatable bonds is 9. The van der Waals surface area contributed by atoms with Crippen LogP contribution in [0.2, 0.25) is 5.02 Å². The maximum atomic E-state index is 13.6. The topological polar surface area (TPSA) is 113 Å². The first kappa shape index (κ1) is 29.1. The van der Waals surface area contributed by atoms with Crippen LogP contribution in [0.3, 0.4) is 0 Å². The van der Waals surface area contributed by atoms with Crippen molar-refractivity contribution in [1.82, 2.24) is 0 Å². The van der Waals surface area contributed by atoms with Gasteiger partial charge in [-0.05, 0) is 86.5 Å². The number of halogens is 1. The molecule has 0 aliphatic rings. The molecule has 0 unspecified atom stereocenters. The number of anilines is 3. The highest BCUT2D eigenvalue weighted by atomic mass is 35.5. The first-order valence-electron chi connectivity index (χ1n) is 12.2. The van der Waals surface area contributed by atoms with Gasteiger partial charge in [0.15, 0.2) is 0 Å². The van der Waals surface area contributed by atoms with Gasteiger partial charge in [-0.1, -0.05) is 53.6 Å². The van der Waals surface area contributed by atoms with E-state index in [1.54, 1.807) is 68.4 Å². The largest absolute Gasteiger partial charge is 0.325 e. The Bertz CT molecular complexity index is 1760. The molecule has 2 N–H and O–H groups in total. The summed E-state index contributed by atoms with van der Waals surface area (Å²) in [6.45, 7) is 4.84. The Hall–Kier alpha value is -3.86. The summed E-state index contributed by atoms with van der Waals surface area (Å²) in [4.78, 5) is 13.1. The van der Waals surface area contributed by atoms with Gasteiger partial charge in [0.2, 0.25) is 5.91 Å². The molecule has 0 aliphatic heterocycles. The van der Waals surface area contributed by atoms with Crippen LogP contribution in [0.1, 0.15) is 16.7 Å². The van der Waals surface area contributed by atoms with Crippen molar-refractivity contribution in [2.75, 3.05) is 20.9 Å². The van der Waals surface area contributed by atoms with Gasteiger partial charge in [-0.2, -0.15) is 0 Å². The first-order chi connectivity index (χ1) is 18.9. The summed E-state index contributed by atoms with van der Waals surface area (Å²) >= 11 is 6.09. The van der Waals surface area contributed by atoms with Crippen LogP contribution in [0.15, 0.2) is 101 Å². The average molecular weight is 598 g/mol. The molecule has 0 saturated carbocycles. The maximum Gasteiger partial charge on any atom is 0.264 e. The zero-order valence-electron chi connectivity index (χ0n) is 22.1. The summed E-state index contributed by atoms with van der Waals surface area (Å²) in [6, 6.07) is 23.8. The fraction of sp³-hybridized carbons (Fsp3) is 0.138. The van der Waals surface area contributed by atoms with Gasteiger partial charge in [0, 0.05) is 10.7 Å². The zero-order valence-corrected chi connectivity index (χ0v) is 24.4. The number of nitrogens with one attached hydrogen (secondary N) is 2. The van der Waals surface area contributed by atoms with Crippen molar-refractivity contribution in [2.45, 2.75) is 30.6 Å². The average Bonchev–Trinajstić information content (AvgIpc) is 2.91. The Morgan fingerprint density at radius 2 is 1.40 bits per heavy atom. The van der Waals surface area contributed by atoms with Gasteiger partial charge in [-0.25, -0.2) is 16.8 Å². The molecule has 1 amide bonds. The summed E-state index contributed by atoms with van der Waals surface area (Å²) in [5, 5.41) is 3.09. The lowest BCUT2D eigenvalue weighted by Crippen LogP contribution is -2.38. The SMILES string of the molecule is Cc1ccc(S(=O)(=O)N(CC(=O)Nc2ccc(S(=O)(=O)Nc3cccc(Cl)c3C)cc2)c2ccccc2C)cc1. The number of benzene rings is 4. The van der Waals surface area contributed by atoms with Crippen molar-refractivity contribution in [3.05, 3.63) is 113 Å². The molecular formula is C29H28ClN3O5S2. The molecule has 0 heterocycles. The fourth-order valence-electron chi connectivity index (χ4n) is 3.95. The van der Waals surface area contributed by atoms with Crippen LogP contribution in [0.25, 0.3) is 0 Å². The normalized spacial score (nSPS) is 11.6. The van der Waals surface area contributed by atoms with E-state index in [1.165, 1.54) is 36.4 Å². The fourth-order valence-corrected chi connectivity index (χ4v) is 6.73. The van der Waals surface area contributed by atoms with Gasteiger partial charge in [0.1, 0.15) is 6.54 Å². The first-order valence-corrected chi connectivity index (χ1v) is 15.5. The van der Waals surface area contributed by atoms with E-state index in [9.17, 15) is 21.6 Å². The number of sulfonamides is 2. The van der Waals surface area contributed by atoms with E-state index >= 15 is 0 Å². The number of hydrogen-bond acceptors (Lipinski definition) is 5. The molecule has 11 heteroatoms. The number of nitrogens with zero attached hydrogens (tertiary/aromatic N) is 1. The molecule has 0 bridgehead atoms. The molecule has 0 saturated heterocycles. The second kappa shape index (κ2) is 11.7. The Morgan fingerprint density at radius 1 is 0.775 bits per heavy atom. The van der Waals surface area contributed by atoms with Crippen molar-refractivity contribution in [3.8, 4) is 0 Å². The number of carbonyl (C=O) groups excluding carboxylic acids is 1. The molecule has 0 radical (unpaired) electrons. The summed E-state index contributed by atoms with van der Waals surface area (Å²) < 4.78 is 56.5. The lowest BCUT2D eigenvalue weighted by molar-refractivity contribution is -0.114. The van der Waals surface area contributed by atoms with Crippen LogP contribution in [0.5, 0.6) is 0 Å². The lowest BCUT2D eigenvalue weighted by atomic mass is 10.2. The standard InChI is InChI=1S/C29H28ClN3O5S2/c1-20-11-15-25(16-12-20)40(37,38)33(28-10-5-4-7-21(28)2)19-29(34)31-23-13-17-24(18-14-23)39(35,36)32-27-9-6-8-26(30)22(27)3/h4-18,32H,19H2,1-3H3,(H,31,34). The van der Waals surface area contributed by atoms with Crippen molar-refractivity contribution in [2.24, 2.45) is 0 Å². The summed E-state index contributed by atoms with van der Waals surface area (Å²) in [7, 11) is -7.99. The van der Waals surface area contributed by atoms with Crippen molar-refractivity contribution in [3.63, 3.8) is 0 Å². The van der Waals surface area contributed by atoms with Crippen LogP contribution in [-0.2, 0) is 24.8 Å².